The molecule has 1 amide bonds. The molecule has 1 aliphatic rings. The molecule has 19 heavy (non-hydrogen) atoms. The highest BCUT2D eigenvalue weighted by Gasteiger charge is 2.30. The third-order valence-corrected chi connectivity index (χ3v) is 3.13. The largest absolute Gasteiger partial charge is 0.395 e. The van der Waals surface area contributed by atoms with Gasteiger partial charge in [-0.1, -0.05) is 0 Å². The van der Waals surface area contributed by atoms with E-state index in [2.05, 4.69) is 0 Å². The molecule has 0 spiro atoms. The van der Waals surface area contributed by atoms with E-state index in [4.69, 9.17) is 15.6 Å². The first kappa shape index (κ1) is 15.4. The van der Waals surface area contributed by atoms with Gasteiger partial charge in [0, 0.05) is 25.7 Å². The molecule has 1 rings (SSSR count). The molecule has 1 saturated carbocycles. The van der Waals surface area contributed by atoms with Gasteiger partial charge < -0.3 is 10.0 Å². The topological polar surface area (TPSA) is 91.4 Å². The quantitative estimate of drug-likeness (QED) is 0.637. The molecule has 0 bridgehead atoms. The lowest BCUT2D eigenvalue weighted by molar-refractivity contribution is -0.132. The Bertz CT molecular complexity index is 350. The minimum absolute atomic E-state index is 0.0418. The van der Waals surface area contributed by atoms with Gasteiger partial charge in [-0.3, -0.25) is 9.69 Å². The van der Waals surface area contributed by atoms with Crippen molar-refractivity contribution in [1.82, 2.24) is 9.80 Å². The van der Waals surface area contributed by atoms with Gasteiger partial charge in [0.1, 0.15) is 0 Å². The van der Waals surface area contributed by atoms with Crippen molar-refractivity contribution in [3.05, 3.63) is 0 Å². The summed E-state index contributed by atoms with van der Waals surface area (Å²) in [6.07, 6.45) is 2.70. The van der Waals surface area contributed by atoms with Crippen molar-refractivity contribution in [3.8, 4) is 12.1 Å². The highest BCUT2D eigenvalue weighted by atomic mass is 16.3. The molecule has 0 aliphatic heterocycles. The number of amides is 1. The number of rotatable bonds is 9. The number of aliphatic hydroxyl groups is 1. The van der Waals surface area contributed by atoms with Gasteiger partial charge in [-0.15, -0.1) is 0 Å². The highest BCUT2D eigenvalue weighted by Crippen LogP contribution is 2.26. The van der Waals surface area contributed by atoms with Gasteiger partial charge in [-0.05, 0) is 12.8 Å². The summed E-state index contributed by atoms with van der Waals surface area (Å²) in [7, 11) is 0. The van der Waals surface area contributed by atoms with E-state index < -0.39 is 0 Å². The van der Waals surface area contributed by atoms with Crippen LogP contribution < -0.4 is 0 Å². The van der Waals surface area contributed by atoms with E-state index in [9.17, 15) is 4.79 Å². The van der Waals surface area contributed by atoms with Gasteiger partial charge in [0.2, 0.25) is 5.91 Å². The summed E-state index contributed by atoms with van der Waals surface area (Å²) in [5.74, 6) is -0.0640. The Balaban J connectivity index is 2.48. The fourth-order valence-electron chi connectivity index (χ4n) is 1.96. The molecular formula is C13H20N4O2. The maximum absolute atomic E-state index is 12.2. The lowest BCUT2D eigenvalue weighted by Gasteiger charge is -2.26. The lowest BCUT2D eigenvalue weighted by Crippen LogP contribution is -2.43. The van der Waals surface area contributed by atoms with Crippen LogP contribution in [0.5, 0.6) is 0 Å². The maximum atomic E-state index is 12.2. The third kappa shape index (κ3) is 5.69. The molecule has 6 heteroatoms. The monoisotopic (exact) mass is 264 g/mol. The van der Waals surface area contributed by atoms with Crippen LogP contribution in [0.15, 0.2) is 0 Å². The third-order valence-electron chi connectivity index (χ3n) is 3.13. The summed E-state index contributed by atoms with van der Waals surface area (Å²) in [5, 5.41) is 26.2. The van der Waals surface area contributed by atoms with Crippen molar-refractivity contribution < 1.29 is 9.90 Å². The molecule has 0 atom stereocenters. The van der Waals surface area contributed by atoms with Gasteiger partial charge in [0.05, 0.1) is 38.1 Å². The highest BCUT2D eigenvalue weighted by molar-refractivity contribution is 5.78. The van der Waals surface area contributed by atoms with Crippen molar-refractivity contribution >= 4 is 5.91 Å². The molecular weight excluding hydrogens is 244 g/mol. The molecule has 0 aromatic heterocycles. The Kier molecular flexibility index (Phi) is 6.88. The van der Waals surface area contributed by atoms with E-state index >= 15 is 0 Å². The van der Waals surface area contributed by atoms with Crippen LogP contribution in [-0.4, -0.2) is 59.6 Å². The van der Waals surface area contributed by atoms with Gasteiger partial charge in [0.15, 0.2) is 0 Å². The number of aliphatic hydroxyl groups excluding tert-OH is 1. The van der Waals surface area contributed by atoms with Crippen molar-refractivity contribution in [2.75, 3.05) is 32.8 Å². The van der Waals surface area contributed by atoms with Crippen LogP contribution in [0.3, 0.4) is 0 Å². The molecule has 0 unspecified atom stereocenters. The Morgan fingerprint density at radius 3 is 2.16 bits per heavy atom. The zero-order chi connectivity index (χ0) is 14.1. The van der Waals surface area contributed by atoms with Crippen LogP contribution in [0.1, 0.15) is 25.7 Å². The molecule has 0 radical (unpaired) electrons. The maximum Gasteiger partial charge on any atom is 0.236 e. The smallest absolute Gasteiger partial charge is 0.236 e. The summed E-state index contributed by atoms with van der Waals surface area (Å²) in [6, 6.07) is 4.43. The Labute approximate surface area is 113 Å². The van der Waals surface area contributed by atoms with Crippen molar-refractivity contribution in [1.29, 1.82) is 10.5 Å². The SMILES string of the molecule is N#CCCN(CCC#N)C(=O)CN(CCO)C1CC1. The number of nitrogens with zero attached hydrogens (tertiary/aromatic N) is 4. The van der Waals surface area contributed by atoms with Crippen LogP contribution in [0.2, 0.25) is 0 Å². The van der Waals surface area contributed by atoms with E-state index in [1.165, 1.54) is 0 Å². The average Bonchev–Trinajstić information content (AvgIpc) is 3.22. The van der Waals surface area contributed by atoms with Crippen molar-refractivity contribution in [2.45, 2.75) is 31.7 Å². The second kappa shape index (κ2) is 8.47. The van der Waals surface area contributed by atoms with E-state index in [1.807, 2.05) is 17.0 Å². The van der Waals surface area contributed by atoms with Crippen LogP contribution in [0.25, 0.3) is 0 Å². The number of carbonyl (C=O) groups excluding carboxylic acids is 1. The lowest BCUT2D eigenvalue weighted by atomic mass is 10.3. The first-order chi connectivity index (χ1) is 9.22. The predicted molar refractivity (Wildman–Crippen MR) is 68.7 cm³/mol. The minimum Gasteiger partial charge on any atom is -0.395 e. The van der Waals surface area contributed by atoms with E-state index in [1.54, 1.807) is 4.90 Å². The second-order valence-corrected chi connectivity index (χ2v) is 4.62. The number of hydrogen-bond acceptors (Lipinski definition) is 5. The fourth-order valence-corrected chi connectivity index (χ4v) is 1.96. The number of nitriles is 2. The van der Waals surface area contributed by atoms with E-state index in [0.29, 0.717) is 25.7 Å². The van der Waals surface area contributed by atoms with E-state index in [0.717, 1.165) is 12.8 Å². The second-order valence-electron chi connectivity index (χ2n) is 4.62. The molecule has 104 valence electrons. The molecule has 0 saturated heterocycles. The van der Waals surface area contributed by atoms with Gasteiger partial charge in [-0.25, -0.2) is 0 Å². The summed E-state index contributed by atoms with van der Waals surface area (Å²) in [5.41, 5.74) is 0. The molecule has 1 fully saturated rings. The average molecular weight is 264 g/mol. The molecule has 6 nitrogen and oxygen atoms in total. The Hall–Kier alpha value is -1.63. The van der Waals surface area contributed by atoms with Crippen LogP contribution >= 0.6 is 0 Å². The van der Waals surface area contributed by atoms with Crippen LogP contribution in [0, 0.1) is 22.7 Å². The fraction of sp³-hybridized carbons (Fsp3) is 0.769. The first-order valence-electron chi connectivity index (χ1n) is 6.59. The zero-order valence-electron chi connectivity index (χ0n) is 11.1. The van der Waals surface area contributed by atoms with Crippen molar-refractivity contribution in [2.24, 2.45) is 0 Å². The van der Waals surface area contributed by atoms with Gasteiger partial charge >= 0.3 is 0 Å². The van der Waals surface area contributed by atoms with Gasteiger partial charge in [-0.2, -0.15) is 10.5 Å². The molecule has 0 heterocycles. The van der Waals surface area contributed by atoms with Crippen LogP contribution in [0.4, 0.5) is 0 Å². The summed E-state index contributed by atoms with van der Waals surface area (Å²) in [6.45, 7) is 1.55. The first-order valence-corrected chi connectivity index (χ1v) is 6.59. The molecule has 1 aliphatic carbocycles. The number of hydrogen-bond donors (Lipinski definition) is 1. The predicted octanol–water partition coefficient (Wildman–Crippen LogP) is 0.0991. The van der Waals surface area contributed by atoms with Crippen LogP contribution in [-0.2, 0) is 4.79 Å². The van der Waals surface area contributed by atoms with E-state index in [-0.39, 0.29) is 31.9 Å². The standard InChI is InChI=1S/C13H20N4O2/c14-5-1-7-16(8-2-6-15)13(19)11-17(9-10-18)12-3-4-12/h12,18H,1-4,7-11H2. The zero-order valence-corrected chi connectivity index (χ0v) is 11.1. The Morgan fingerprint density at radius 1 is 1.16 bits per heavy atom. The Morgan fingerprint density at radius 2 is 1.74 bits per heavy atom. The molecule has 0 aromatic rings. The normalized spacial score (nSPS) is 13.9. The molecule has 1 N–H and O–H groups in total. The summed E-state index contributed by atoms with van der Waals surface area (Å²) < 4.78 is 0. The molecule has 0 aromatic carbocycles. The number of carbonyl (C=O) groups is 1. The summed E-state index contributed by atoms with van der Waals surface area (Å²) in [4.78, 5) is 15.7. The summed E-state index contributed by atoms with van der Waals surface area (Å²) >= 11 is 0. The van der Waals surface area contributed by atoms with Gasteiger partial charge in [0.25, 0.3) is 0 Å². The minimum atomic E-state index is -0.0640. The van der Waals surface area contributed by atoms with Crippen molar-refractivity contribution in [3.63, 3.8) is 0 Å².